The van der Waals surface area contributed by atoms with Gasteiger partial charge in [0.15, 0.2) is 9.90 Å². The van der Waals surface area contributed by atoms with Crippen LogP contribution in [-0.2, 0) is 27.8 Å². The number of fused-ring (bicyclic) bond motifs is 1. The maximum atomic E-state index is 12.7. The average Bonchev–Trinajstić information content (AvgIpc) is 3.14. The van der Waals surface area contributed by atoms with Crippen molar-refractivity contribution in [2.45, 2.75) is 17.3 Å². The molecular formula is C10H11N5O4S2. The summed E-state index contributed by atoms with van der Waals surface area (Å²) < 4.78 is 32.8. The maximum Gasteiger partial charge on any atom is 0.358 e. The van der Waals surface area contributed by atoms with E-state index in [1.807, 2.05) is 0 Å². The van der Waals surface area contributed by atoms with Crippen LogP contribution in [0.2, 0.25) is 0 Å². The minimum atomic E-state index is -3.82. The van der Waals surface area contributed by atoms with E-state index >= 15 is 0 Å². The second kappa shape index (κ2) is 5.16. The summed E-state index contributed by atoms with van der Waals surface area (Å²) in [6.07, 6.45) is 1.56. The predicted octanol–water partition coefficient (Wildman–Crippen LogP) is -0.274. The molecule has 0 saturated carbocycles. The minimum Gasteiger partial charge on any atom is -0.464 e. The van der Waals surface area contributed by atoms with Crippen LogP contribution in [0.25, 0.3) is 0 Å². The molecule has 0 bridgehead atoms. The third kappa shape index (κ3) is 2.32. The van der Waals surface area contributed by atoms with Crippen molar-refractivity contribution in [2.24, 2.45) is 0 Å². The summed E-state index contributed by atoms with van der Waals surface area (Å²) in [5.41, 5.74) is 1.13. The van der Waals surface area contributed by atoms with Crippen LogP contribution < -0.4 is 0 Å². The van der Waals surface area contributed by atoms with Gasteiger partial charge in [0.1, 0.15) is 12.2 Å². The average molecular weight is 329 g/mol. The molecule has 9 nitrogen and oxygen atoms in total. The van der Waals surface area contributed by atoms with Gasteiger partial charge in [-0.25, -0.2) is 18.2 Å². The van der Waals surface area contributed by atoms with E-state index < -0.39 is 16.0 Å². The molecule has 11 heteroatoms. The Morgan fingerprint density at radius 1 is 1.43 bits per heavy atom. The number of sulfonamides is 1. The molecule has 3 heterocycles. The molecule has 0 spiro atoms. The Labute approximate surface area is 124 Å². The van der Waals surface area contributed by atoms with E-state index in [2.05, 4.69) is 19.9 Å². The van der Waals surface area contributed by atoms with E-state index in [-0.39, 0.29) is 23.0 Å². The molecule has 21 heavy (non-hydrogen) atoms. The highest BCUT2D eigenvalue weighted by Gasteiger charge is 2.34. The van der Waals surface area contributed by atoms with Gasteiger partial charge < -0.3 is 9.30 Å². The van der Waals surface area contributed by atoms with Crippen molar-refractivity contribution in [3.05, 3.63) is 23.4 Å². The molecule has 0 aliphatic carbocycles. The van der Waals surface area contributed by atoms with Crippen molar-refractivity contribution in [1.82, 2.24) is 24.1 Å². The highest BCUT2D eigenvalue weighted by atomic mass is 32.2. The van der Waals surface area contributed by atoms with Gasteiger partial charge in [0.05, 0.1) is 19.2 Å². The molecule has 0 atom stereocenters. The van der Waals surface area contributed by atoms with E-state index in [1.54, 1.807) is 10.9 Å². The van der Waals surface area contributed by atoms with Gasteiger partial charge in [-0.3, -0.25) is 0 Å². The number of thiazole rings is 1. The molecule has 0 unspecified atom stereocenters. The van der Waals surface area contributed by atoms with Crippen LogP contribution in [-0.4, -0.2) is 52.1 Å². The predicted molar refractivity (Wildman–Crippen MR) is 71.1 cm³/mol. The van der Waals surface area contributed by atoms with E-state index in [1.165, 1.54) is 16.9 Å². The number of methoxy groups -OCH3 is 1. The van der Waals surface area contributed by atoms with Crippen LogP contribution in [0.3, 0.4) is 0 Å². The monoisotopic (exact) mass is 329 g/mol. The van der Waals surface area contributed by atoms with Gasteiger partial charge in [-0.15, -0.1) is 21.5 Å². The molecule has 2 aromatic heterocycles. The van der Waals surface area contributed by atoms with Gasteiger partial charge in [0.25, 0.3) is 10.0 Å². The normalized spacial score (nSPS) is 15.7. The highest BCUT2D eigenvalue weighted by Crippen LogP contribution is 2.27. The number of aromatic nitrogens is 4. The molecule has 1 aliphatic rings. The quantitative estimate of drug-likeness (QED) is 0.713. The zero-order valence-corrected chi connectivity index (χ0v) is 12.6. The minimum absolute atomic E-state index is 0.109. The smallest absolute Gasteiger partial charge is 0.358 e. The standard InChI is InChI=1S/C10H11N5O4S2/c1-19-9(16)8-10(20-6-11-8)21(17,18)15-3-2-14-5-12-13-7(14)4-15/h5-6H,2-4H2,1H3. The number of rotatable bonds is 3. The molecule has 2 aromatic rings. The van der Waals surface area contributed by atoms with Gasteiger partial charge in [-0.05, 0) is 0 Å². The fourth-order valence-electron chi connectivity index (χ4n) is 2.02. The molecule has 1 aliphatic heterocycles. The summed E-state index contributed by atoms with van der Waals surface area (Å²) in [4.78, 5) is 15.4. The van der Waals surface area contributed by atoms with Gasteiger partial charge in [-0.1, -0.05) is 0 Å². The number of ether oxygens (including phenoxy) is 1. The van der Waals surface area contributed by atoms with Crippen molar-refractivity contribution in [3.63, 3.8) is 0 Å². The first-order valence-electron chi connectivity index (χ1n) is 5.92. The lowest BCUT2D eigenvalue weighted by Gasteiger charge is -2.25. The first kappa shape index (κ1) is 14.1. The van der Waals surface area contributed by atoms with Crippen LogP contribution in [0.1, 0.15) is 16.3 Å². The maximum absolute atomic E-state index is 12.7. The van der Waals surface area contributed by atoms with Gasteiger partial charge >= 0.3 is 5.97 Å². The fraction of sp³-hybridized carbons (Fsp3) is 0.400. The Morgan fingerprint density at radius 2 is 2.24 bits per heavy atom. The zero-order chi connectivity index (χ0) is 15.0. The molecule has 0 amide bonds. The lowest BCUT2D eigenvalue weighted by molar-refractivity contribution is 0.0590. The Kier molecular flexibility index (Phi) is 3.47. The molecular weight excluding hydrogens is 318 g/mol. The number of esters is 1. The fourth-order valence-corrected chi connectivity index (χ4v) is 4.67. The van der Waals surface area contributed by atoms with Crippen molar-refractivity contribution in [3.8, 4) is 0 Å². The lowest BCUT2D eigenvalue weighted by atomic mass is 10.4. The molecule has 0 radical (unpaired) electrons. The molecule has 0 fully saturated rings. The van der Waals surface area contributed by atoms with E-state index in [9.17, 15) is 13.2 Å². The van der Waals surface area contributed by atoms with E-state index in [0.717, 1.165) is 11.3 Å². The Hall–Kier alpha value is -1.85. The van der Waals surface area contributed by atoms with Crippen molar-refractivity contribution >= 4 is 27.3 Å². The van der Waals surface area contributed by atoms with E-state index in [4.69, 9.17) is 0 Å². The SMILES string of the molecule is COC(=O)c1ncsc1S(=O)(=O)N1CCn2cnnc2C1. The second-order valence-electron chi connectivity index (χ2n) is 4.26. The number of carbonyl (C=O) groups is 1. The summed E-state index contributed by atoms with van der Waals surface area (Å²) in [7, 11) is -2.64. The van der Waals surface area contributed by atoms with Crippen LogP contribution in [0.15, 0.2) is 16.0 Å². The van der Waals surface area contributed by atoms with Crippen LogP contribution in [0.4, 0.5) is 0 Å². The van der Waals surface area contributed by atoms with Gasteiger partial charge in [-0.2, -0.15) is 4.31 Å². The van der Waals surface area contributed by atoms with Crippen LogP contribution in [0.5, 0.6) is 0 Å². The van der Waals surface area contributed by atoms with Crippen molar-refractivity contribution < 1.29 is 17.9 Å². The lowest BCUT2D eigenvalue weighted by Crippen LogP contribution is -2.38. The highest BCUT2D eigenvalue weighted by molar-refractivity contribution is 7.91. The summed E-state index contributed by atoms with van der Waals surface area (Å²) in [5, 5.41) is 7.63. The summed E-state index contributed by atoms with van der Waals surface area (Å²) in [5.74, 6) is -0.205. The molecule has 0 aromatic carbocycles. The number of nitrogens with zero attached hydrogens (tertiary/aromatic N) is 5. The van der Waals surface area contributed by atoms with Gasteiger partial charge in [0.2, 0.25) is 0 Å². The Balaban J connectivity index is 1.95. The van der Waals surface area contributed by atoms with Gasteiger partial charge in [0, 0.05) is 13.1 Å². The molecule has 0 saturated heterocycles. The van der Waals surface area contributed by atoms with Crippen LogP contribution >= 0.6 is 11.3 Å². The first-order valence-corrected chi connectivity index (χ1v) is 8.24. The second-order valence-corrected chi connectivity index (χ2v) is 7.25. The molecule has 112 valence electrons. The number of hydrogen-bond acceptors (Lipinski definition) is 8. The van der Waals surface area contributed by atoms with Crippen molar-refractivity contribution in [2.75, 3.05) is 13.7 Å². The van der Waals surface area contributed by atoms with E-state index in [0.29, 0.717) is 12.4 Å². The van der Waals surface area contributed by atoms with Crippen LogP contribution in [0, 0.1) is 0 Å². The third-order valence-electron chi connectivity index (χ3n) is 3.09. The Bertz CT molecular complexity index is 781. The molecule has 3 rings (SSSR count). The first-order chi connectivity index (χ1) is 10.0. The summed E-state index contributed by atoms with van der Waals surface area (Å²) in [6, 6.07) is 0. The number of hydrogen-bond donors (Lipinski definition) is 0. The zero-order valence-electron chi connectivity index (χ0n) is 11.0. The Morgan fingerprint density at radius 3 is 3.00 bits per heavy atom. The molecule has 0 N–H and O–H groups in total. The third-order valence-corrected chi connectivity index (χ3v) is 6.28. The topological polar surface area (TPSA) is 107 Å². The number of carbonyl (C=O) groups excluding carboxylic acids is 1. The van der Waals surface area contributed by atoms with Crippen molar-refractivity contribution in [1.29, 1.82) is 0 Å². The summed E-state index contributed by atoms with van der Waals surface area (Å²) >= 11 is 0.893. The summed E-state index contributed by atoms with van der Waals surface area (Å²) in [6.45, 7) is 0.862. The largest absolute Gasteiger partial charge is 0.464 e.